The zero-order valence-corrected chi connectivity index (χ0v) is 13.6. The number of nitrogens with zero attached hydrogens (tertiary/aromatic N) is 1. The molecule has 3 rings (SSSR count). The number of hydrogen-bond donors (Lipinski definition) is 2. The number of rotatable bonds is 3. The van der Waals surface area contributed by atoms with Gasteiger partial charge in [0.1, 0.15) is 4.83 Å². The number of hydrogen-bond acceptors (Lipinski definition) is 5. The van der Waals surface area contributed by atoms with E-state index < -0.39 is 11.2 Å². The van der Waals surface area contributed by atoms with E-state index in [0.29, 0.717) is 11.1 Å². The van der Waals surface area contributed by atoms with Crippen LogP contribution in [-0.2, 0) is 17.6 Å². The molecule has 7 heteroatoms. The van der Waals surface area contributed by atoms with Gasteiger partial charge in [0.2, 0.25) is 5.91 Å². The van der Waals surface area contributed by atoms with Gasteiger partial charge in [0, 0.05) is 4.88 Å². The van der Waals surface area contributed by atoms with E-state index in [-0.39, 0.29) is 5.56 Å². The summed E-state index contributed by atoms with van der Waals surface area (Å²) in [6, 6.07) is 0. The number of aromatic amines is 1. The number of fused-ring (bicyclic) bond motifs is 3. The number of thiophene rings is 1. The SMILES string of the molecule is C[C@@H]1CCc2c(sc3nc(S[C@@H](C)C(N)=O)[nH]c(=O)c23)C1. The molecule has 0 aromatic carbocycles. The van der Waals surface area contributed by atoms with E-state index in [0.717, 1.165) is 29.5 Å². The van der Waals surface area contributed by atoms with E-state index >= 15 is 0 Å². The summed E-state index contributed by atoms with van der Waals surface area (Å²) in [5.74, 6) is 0.246. The van der Waals surface area contributed by atoms with Crippen LogP contribution in [0.5, 0.6) is 0 Å². The highest BCUT2D eigenvalue weighted by Crippen LogP contribution is 2.36. The lowest BCUT2D eigenvalue weighted by Crippen LogP contribution is -2.23. The lowest BCUT2D eigenvalue weighted by Gasteiger charge is -2.17. The summed E-state index contributed by atoms with van der Waals surface area (Å²) >= 11 is 2.80. The van der Waals surface area contributed by atoms with Crippen molar-refractivity contribution in [3.63, 3.8) is 0 Å². The Bertz CT molecular complexity index is 765. The largest absolute Gasteiger partial charge is 0.369 e. The number of H-pyrrole nitrogens is 1. The molecule has 0 unspecified atom stereocenters. The second-order valence-electron chi connectivity index (χ2n) is 5.57. The topological polar surface area (TPSA) is 88.8 Å². The van der Waals surface area contributed by atoms with Crippen molar-refractivity contribution in [1.29, 1.82) is 0 Å². The second-order valence-corrected chi connectivity index (χ2v) is 7.98. The van der Waals surface area contributed by atoms with Crippen molar-refractivity contribution in [3.8, 4) is 0 Å². The first-order valence-electron chi connectivity index (χ1n) is 6.96. The molecule has 0 fully saturated rings. The Morgan fingerprint density at radius 1 is 1.57 bits per heavy atom. The first-order chi connectivity index (χ1) is 9.95. The third kappa shape index (κ3) is 2.72. The average Bonchev–Trinajstić information content (AvgIpc) is 2.75. The molecule has 1 aliphatic carbocycles. The molecule has 0 aliphatic heterocycles. The molecule has 0 radical (unpaired) electrons. The van der Waals surface area contributed by atoms with Crippen LogP contribution in [0.1, 0.15) is 30.7 Å². The first-order valence-corrected chi connectivity index (χ1v) is 8.66. The van der Waals surface area contributed by atoms with Crippen LogP contribution in [0.2, 0.25) is 0 Å². The highest BCUT2D eigenvalue weighted by Gasteiger charge is 2.23. The molecule has 1 aliphatic rings. The van der Waals surface area contributed by atoms with Gasteiger partial charge in [0.15, 0.2) is 5.16 Å². The zero-order chi connectivity index (χ0) is 15.1. The van der Waals surface area contributed by atoms with Gasteiger partial charge in [-0.1, -0.05) is 18.7 Å². The monoisotopic (exact) mass is 323 g/mol. The summed E-state index contributed by atoms with van der Waals surface area (Å²) in [5, 5.41) is 0.781. The van der Waals surface area contributed by atoms with Crippen molar-refractivity contribution >= 4 is 39.2 Å². The van der Waals surface area contributed by atoms with Crippen LogP contribution in [0.15, 0.2) is 9.95 Å². The van der Waals surface area contributed by atoms with Crippen molar-refractivity contribution in [1.82, 2.24) is 9.97 Å². The van der Waals surface area contributed by atoms with E-state index in [2.05, 4.69) is 16.9 Å². The van der Waals surface area contributed by atoms with Gasteiger partial charge in [0.25, 0.3) is 5.56 Å². The quantitative estimate of drug-likeness (QED) is 0.668. The van der Waals surface area contributed by atoms with Gasteiger partial charge in [-0.3, -0.25) is 9.59 Å². The Morgan fingerprint density at radius 2 is 2.33 bits per heavy atom. The number of thioether (sulfide) groups is 1. The highest BCUT2D eigenvalue weighted by atomic mass is 32.2. The Labute approximate surface area is 130 Å². The van der Waals surface area contributed by atoms with E-state index in [4.69, 9.17) is 5.73 Å². The summed E-state index contributed by atoms with van der Waals surface area (Å²) < 4.78 is 0. The van der Waals surface area contributed by atoms with Crippen molar-refractivity contribution in [2.45, 2.75) is 43.5 Å². The van der Waals surface area contributed by atoms with Gasteiger partial charge < -0.3 is 10.7 Å². The van der Waals surface area contributed by atoms with Crippen molar-refractivity contribution in [3.05, 3.63) is 20.8 Å². The maximum atomic E-state index is 12.3. The molecule has 3 N–H and O–H groups in total. The minimum absolute atomic E-state index is 0.105. The summed E-state index contributed by atoms with van der Waals surface area (Å²) in [6.07, 6.45) is 3.09. The molecule has 2 heterocycles. The van der Waals surface area contributed by atoms with Crippen LogP contribution in [0.4, 0.5) is 0 Å². The smallest absolute Gasteiger partial charge is 0.260 e. The molecule has 2 aromatic heterocycles. The maximum Gasteiger partial charge on any atom is 0.260 e. The van der Waals surface area contributed by atoms with Crippen LogP contribution in [-0.4, -0.2) is 21.1 Å². The number of primary amides is 1. The van der Waals surface area contributed by atoms with Crippen molar-refractivity contribution in [2.24, 2.45) is 11.7 Å². The van der Waals surface area contributed by atoms with Gasteiger partial charge in [-0.05, 0) is 37.7 Å². The molecule has 0 saturated heterocycles. The van der Waals surface area contributed by atoms with Crippen LogP contribution in [0.25, 0.3) is 10.2 Å². The highest BCUT2D eigenvalue weighted by molar-refractivity contribution is 8.00. The number of aromatic nitrogens is 2. The molecule has 0 saturated carbocycles. The fourth-order valence-corrected chi connectivity index (χ4v) is 4.80. The van der Waals surface area contributed by atoms with Crippen LogP contribution in [0.3, 0.4) is 0 Å². The zero-order valence-electron chi connectivity index (χ0n) is 11.9. The molecule has 5 nitrogen and oxygen atoms in total. The molecule has 1 amide bonds. The summed E-state index contributed by atoms with van der Waals surface area (Å²) in [5.41, 5.74) is 6.31. The van der Waals surface area contributed by atoms with Crippen molar-refractivity contribution in [2.75, 3.05) is 0 Å². The van der Waals surface area contributed by atoms with Gasteiger partial charge in [-0.15, -0.1) is 11.3 Å². The molecule has 2 atom stereocenters. The standard InChI is InChI=1S/C14H17N3O2S2/c1-6-3-4-8-9(5-6)21-13-10(8)12(19)16-14(17-13)20-7(2)11(15)18/h6-7H,3-5H2,1-2H3,(H2,15,18)(H,16,17,19)/t6-,7+/m1/s1. The third-order valence-electron chi connectivity index (χ3n) is 3.83. The number of nitrogens with two attached hydrogens (primary N) is 1. The fraction of sp³-hybridized carbons (Fsp3) is 0.500. The second kappa shape index (κ2) is 5.46. The fourth-order valence-electron chi connectivity index (χ4n) is 2.61. The summed E-state index contributed by atoms with van der Waals surface area (Å²) in [7, 11) is 0. The Balaban J connectivity index is 2.05. The number of carbonyl (C=O) groups is 1. The van der Waals surface area contributed by atoms with E-state index in [9.17, 15) is 9.59 Å². The molecular weight excluding hydrogens is 306 g/mol. The lowest BCUT2D eigenvalue weighted by atomic mass is 9.89. The molecule has 2 aromatic rings. The normalized spacial score (nSPS) is 19.4. The molecular formula is C14H17N3O2S2. The molecule has 112 valence electrons. The van der Waals surface area contributed by atoms with E-state index in [1.165, 1.54) is 22.2 Å². The predicted molar refractivity (Wildman–Crippen MR) is 85.9 cm³/mol. The van der Waals surface area contributed by atoms with Gasteiger partial charge >= 0.3 is 0 Å². The Hall–Kier alpha value is -1.34. The maximum absolute atomic E-state index is 12.3. The predicted octanol–water partition coefficient (Wildman–Crippen LogP) is 2.08. The average molecular weight is 323 g/mol. The van der Waals surface area contributed by atoms with Gasteiger partial charge in [0.05, 0.1) is 10.6 Å². The van der Waals surface area contributed by atoms with E-state index in [1.807, 2.05) is 0 Å². The number of carbonyl (C=O) groups excluding carboxylic acids is 1. The summed E-state index contributed by atoms with van der Waals surface area (Å²) in [6.45, 7) is 3.94. The minimum Gasteiger partial charge on any atom is -0.369 e. The van der Waals surface area contributed by atoms with Gasteiger partial charge in [-0.2, -0.15) is 0 Å². The minimum atomic E-state index is -0.416. The number of amides is 1. The lowest BCUT2D eigenvalue weighted by molar-refractivity contribution is -0.117. The van der Waals surface area contributed by atoms with Crippen molar-refractivity contribution < 1.29 is 4.79 Å². The Morgan fingerprint density at radius 3 is 3.05 bits per heavy atom. The van der Waals surface area contributed by atoms with E-state index in [1.54, 1.807) is 18.3 Å². The van der Waals surface area contributed by atoms with Crippen LogP contribution < -0.4 is 11.3 Å². The summed E-state index contributed by atoms with van der Waals surface area (Å²) in [4.78, 5) is 32.8. The number of nitrogens with one attached hydrogen (secondary N) is 1. The van der Waals surface area contributed by atoms with Crippen LogP contribution >= 0.6 is 23.1 Å². The van der Waals surface area contributed by atoms with Crippen LogP contribution in [0, 0.1) is 5.92 Å². The number of aryl methyl sites for hydroxylation is 1. The third-order valence-corrected chi connectivity index (χ3v) is 5.98. The first kappa shape index (κ1) is 14.6. The molecule has 0 bridgehead atoms. The molecule has 21 heavy (non-hydrogen) atoms. The van der Waals surface area contributed by atoms with Gasteiger partial charge in [-0.25, -0.2) is 4.98 Å². The molecule has 0 spiro atoms. The Kier molecular flexibility index (Phi) is 3.79.